The highest BCUT2D eigenvalue weighted by atomic mass is 79.9. The number of halogens is 1. The lowest BCUT2D eigenvalue weighted by molar-refractivity contribution is 0.0599. The second-order valence-electron chi connectivity index (χ2n) is 4.45. The van der Waals surface area contributed by atoms with Gasteiger partial charge in [0.1, 0.15) is 0 Å². The van der Waals surface area contributed by atoms with E-state index >= 15 is 0 Å². The molecule has 0 aromatic carbocycles. The zero-order chi connectivity index (χ0) is 11.5. The fourth-order valence-corrected chi connectivity index (χ4v) is 2.69. The van der Waals surface area contributed by atoms with Crippen molar-refractivity contribution in [2.75, 3.05) is 13.2 Å². The summed E-state index contributed by atoms with van der Waals surface area (Å²) in [7, 11) is 2.03. The summed E-state index contributed by atoms with van der Waals surface area (Å²) in [6, 6.07) is 2.22. The topological polar surface area (TPSA) is 27.1 Å². The van der Waals surface area contributed by atoms with Gasteiger partial charge in [-0.1, -0.05) is 22.9 Å². The molecule has 0 radical (unpaired) electrons. The standard InChI is InChI=1S/C12H19BrN2O/c1-3-10-7-11(15(2)14-10)6-9-8-16-5-4-12(9)13/h7,9,12H,3-6,8H2,1-2H3. The number of aryl methyl sites for hydroxylation is 2. The average molecular weight is 287 g/mol. The molecule has 2 heterocycles. The van der Waals surface area contributed by atoms with Gasteiger partial charge in [0, 0.05) is 30.1 Å². The monoisotopic (exact) mass is 286 g/mol. The van der Waals surface area contributed by atoms with Crippen molar-refractivity contribution in [1.82, 2.24) is 9.78 Å². The molecule has 0 aliphatic carbocycles. The summed E-state index contributed by atoms with van der Waals surface area (Å²) >= 11 is 3.75. The van der Waals surface area contributed by atoms with Crippen LogP contribution in [0.15, 0.2) is 6.07 Å². The van der Waals surface area contributed by atoms with E-state index in [0.29, 0.717) is 10.7 Å². The normalized spacial score (nSPS) is 25.9. The Morgan fingerprint density at radius 3 is 3.06 bits per heavy atom. The molecule has 3 nitrogen and oxygen atoms in total. The molecule has 2 unspecified atom stereocenters. The molecular weight excluding hydrogens is 268 g/mol. The molecule has 0 amide bonds. The average Bonchev–Trinajstić information content (AvgIpc) is 2.63. The van der Waals surface area contributed by atoms with Crippen LogP contribution in [0.25, 0.3) is 0 Å². The van der Waals surface area contributed by atoms with Crippen LogP contribution in [0, 0.1) is 5.92 Å². The van der Waals surface area contributed by atoms with Gasteiger partial charge in [0.05, 0.1) is 12.3 Å². The van der Waals surface area contributed by atoms with Crippen molar-refractivity contribution in [2.45, 2.75) is 31.0 Å². The first-order valence-corrected chi connectivity index (χ1v) is 6.86. The SMILES string of the molecule is CCc1cc(CC2COCCC2Br)n(C)n1. The smallest absolute Gasteiger partial charge is 0.0624 e. The first kappa shape index (κ1) is 12.1. The highest BCUT2D eigenvalue weighted by Gasteiger charge is 2.24. The Labute approximate surface area is 105 Å². The van der Waals surface area contributed by atoms with E-state index in [4.69, 9.17) is 4.74 Å². The molecule has 4 heteroatoms. The van der Waals surface area contributed by atoms with Crippen LogP contribution in [0.2, 0.25) is 0 Å². The third-order valence-corrected chi connectivity index (χ3v) is 4.45. The molecule has 90 valence electrons. The summed E-state index contributed by atoms with van der Waals surface area (Å²) in [5.41, 5.74) is 2.50. The number of aromatic nitrogens is 2. The first-order chi connectivity index (χ1) is 7.70. The van der Waals surface area contributed by atoms with Crippen molar-refractivity contribution in [3.05, 3.63) is 17.5 Å². The van der Waals surface area contributed by atoms with Crippen molar-refractivity contribution < 1.29 is 4.74 Å². The van der Waals surface area contributed by atoms with Gasteiger partial charge in [0.25, 0.3) is 0 Å². The second-order valence-corrected chi connectivity index (χ2v) is 5.62. The lowest BCUT2D eigenvalue weighted by atomic mass is 9.96. The van der Waals surface area contributed by atoms with Crippen LogP contribution in [0.1, 0.15) is 24.7 Å². The van der Waals surface area contributed by atoms with E-state index in [1.807, 2.05) is 11.7 Å². The van der Waals surface area contributed by atoms with Gasteiger partial charge in [0.15, 0.2) is 0 Å². The highest BCUT2D eigenvalue weighted by molar-refractivity contribution is 9.09. The predicted octanol–water partition coefficient (Wildman–Crippen LogP) is 2.33. The maximum absolute atomic E-state index is 5.54. The number of nitrogens with zero attached hydrogens (tertiary/aromatic N) is 2. The Hall–Kier alpha value is -0.350. The molecule has 1 aliphatic rings. The van der Waals surface area contributed by atoms with Crippen molar-refractivity contribution in [1.29, 1.82) is 0 Å². The van der Waals surface area contributed by atoms with Crippen LogP contribution in [0.4, 0.5) is 0 Å². The largest absolute Gasteiger partial charge is 0.381 e. The molecule has 0 spiro atoms. The van der Waals surface area contributed by atoms with Gasteiger partial charge in [-0.3, -0.25) is 4.68 Å². The van der Waals surface area contributed by atoms with Gasteiger partial charge in [-0.2, -0.15) is 5.10 Å². The lowest BCUT2D eigenvalue weighted by Gasteiger charge is -2.27. The number of hydrogen-bond donors (Lipinski definition) is 0. The molecule has 1 saturated heterocycles. The highest BCUT2D eigenvalue weighted by Crippen LogP contribution is 2.25. The second kappa shape index (κ2) is 5.32. The molecule has 0 saturated carbocycles. The Balaban J connectivity index is 2.04. The fourth-order valence-electron chi connectivity index (χ4n) is 2.16. The minimum Gasteiger partial charge on any atom is -0.381 e. The van der Waals surface area contributed by atoms with Crippen LogP contribution in [-0.2, 0) is 24.6 Å². The van der Waals surface area contributed by atoms with Crippen molar-refractivity contribution in [2.24, 2.45) is 13.0 Å². The van der Waals surface area contributed by atoms with Crippen LogP contribution < -0.4 is 0 Å². The van der Waals surface area contributed by atoms with E-state index < -0.39 is 0 Å². The van der Waals surface area contributed by atoms with Crippen molar-refractivity contribution in [3.8, 4) is 0 Å². The van der Waals surface area contributed by atoms with Gasteiger partial charge in [0.2, 0.25) is 0 Å². The third-order valence-electron chi connectivity index (χ3n) is 3.24. The summed E-state index contributed by atoms with van der Waals surface area (Å²) in [6.07, 6.45) is 3.18. The Kier molecular flexibility index (Phi) is 4.03. The molecule has 0 bridgehead atoms. The van der Waals surface area contributed by atoms with Gasteiger partial charge in [-0.15, -0.1) is 0 Å². The Bertz CT molecular complexity index is 351. The molecule has 2 atom stereocenters. The van der Waals surface area contributed by atoms with Gasteiger partial charge in [-0.25, -0.2) is 0 Å². The van der Waals surface area contributed by atoms with Crippen LogP contribution in [0.3, 0.4) is 0 Å². The quantitative estimate of drug-likeness (QED) is 0.798. The summed E-state index contributed by atoms with van der Waals surface area (Å²) < 4.78 is 7.55. The molecule has 1 aromatic rings. The number of hydrogen-bond acceptors (Lipinski definition) is 2. The van der Waals surface area contributed by atoms with Gasteiger partial charge < -0.3 is 4.74 Å². The van der Waals surface area contributed by atoms with Crippen LogP contribution in [-0.4, -0.2) is 27.8 Å². The van der Waals surface area contributed by atoms with E-state index in [-0.39, 0.29) is 0 Å². The summed E-state index contributed by atoms with van der Waals surface area (Å²) in [4.78, 5) is 0.584. The minimum absolute atomic E-state index is 0.578. The summed E-state index contributed by atoms with van der Waals surface area (Å²) in [5.74, 6) is 0.578. The van der Waals surface area contributed by atoms with Crippen molar-refractivity contribution in [3.63, 3.8) is 0 Å². The molecule has 1 aromatic heterocycles. The summed E-state index contributed by atoms with van der Waals surface area (Å²) in [5, 5.41) is 4.48. The van der Waals surface area contributed by atoms with E-state index in [1.54, 1.807) is 0 Å². The van der Waals surface area contributed by atoms with Crippen LogP contribution >= 0.6 is 15.9 Å². The summed E-state index contributed by atoms with van der Waals surface area (Å²) in [6.45, 7) is 3.89. The zero-order valence-corrected chi connectivity index (χ0v) is 11.5. The zero-order valence-electron chi connectivity index (χ0n) is 9.95. The van der Waals surface area contributed by atoms with Crippen molar-refractivity contribution >= 4 is 15.9 Å². The molecule has 1 aliphatic heterocycles. The predicted molar refractivity (Wildman–Crippen MR) is 67.9 cm³/mol. The lowest BCUT2D eigenvalue weighted by Crippen LogP contribution is -2.29. The third kappa shape index (κ3) is 2.66. The van der Waals surface area contributed by atoms with Gasteiger partial charge in [-0.05, 0) is 25.3 Å². The number of rotatable bonds is 3. The van der Waals surface area contributed by atoms with E-state index in [0.717, 1.165) is 32.5 Å². The molecular formula is C12H19BrN2O. The Morgan fingerprint density at radius 1 is 1.62 bits per heavy atom. The fraction of sp³-hybridized carbons (Fsp3) is 0.750. The maximum atomic E-state index is 5.54. The van der Waals surface area contributed by atoms with E-state index in [2.05, 4.69) is 34.0 Å². The van der Waals surface area contributed by atoms with Gasteiger partial charge >= 0.3 is 0 Å². The molecule has 16 heavy (non-hydrogen) atoms. The minimum atomic E-state index is 0.578. The molecule has 0 N–H and O–H groups in total. The van der Waals surface area contributed by atoms with Crippen LogP contribution in [0.5, 0.6) is 0 Å². The maximum Gasteiger partial charge on any atom is 0.0624 e. The first-order valence-electron chi connectivity index (χ1n) is 5.94. The number of alkyl halides is 1. The molecule has 2 rings (SSSR count). The van der Waals surface area contributed by atoms with E-state index in [1.165, 1.54) is 11.4 Å². The molecule has 1 fully saturated rings. The van der Waals surface area contributed by atoms with E-state index in [9.17, 15) is 0 Å². The number of ether oxygens (including phenoxy) is 1. The Morgan fingerprint density at radius 2 is 2.44 bits per heavy atom.